The Morgan fingerprint density at radius 1 is 1.23 bits per heavy atom. The fraction of sp³-hybridized carbons (Fsp3) is 0.529. The third-order valence-electron chi connectivity index (χ3n) is 4.34. The summed E-state index contributed by atoms with van der Waals surface area (Å²) in [5, 5.41) is 3.45. The third-order valence-corrected chi connectivity index (χ3v) is 4.34. The fourth-order valence-electron chi connectivity index (χ4n) is 3.23. The number of nitrogens with one attached hydrogen (secondary N) is 1. The molecule has 1 aromatic carbocycles. The van der Waals surface area contributed by atoms with Crippen LogP contribution in [0.4, 0.5) is 0 Å². The van der Waals surface area contributed by atoms with Crippen LogP contribution in [0.5, 0.6) is 0 Å². The van der Waals surface area contributed by atoms with E-state index in [1.807, 2.05) is 0 Å². The van der Waals surface area contributed by atoms with E-state index in [-0.39, 0.29) is 17.4 Å². The average molecular weight is 302 g/mol. The number of nitrogens with zero attached hydrogens (tertiary/aromatic N) is 1. The quantitative estimate of drug-likeness (QED) is 0.862. The molecule has 2 aliphatic heterocycles. The van der Waals surface area contributed by atoms with E-state index >= 15 is 0 Å². The number of hydrogen-bond acceptors (Lipinski definition) is 4. The maximum Gasteiger partial charge on any atom is 0.261 e. The number of hydrogen-bond donors (Lipinski definition) is 1. The predicted molar refractivity (Wildman–Crippen MR) is 82.9 cm³/mol. The van der Waals surface area contributed by atoms with Gasteiger partial charge in [-0.3, -0.25) is 14.5 Å². The van der Waals surface area contributed by atoms with Gasteiger partial charge >= 0.3 is 0 Å². The molecule has 0 saturated carbocycles. The first kappa shape index (κ1) is 15.2. The van der Waals surface area contributed by atoms with Crippen LogP contribution in [0.3, 0.4) is 0 Å². The molecule has 5 nitrogen and oxygen atoms in total. The van der Waals surface area contributed by atoms with Gasteiger partial charge in [-0.15, -0.1) is 0 Å². The molecule has 0 spiro atoms. The van der Waals surface area contributed by atoms with Crippen LogP contribution >= 0.6 is 0 Å². The number of amides is 2. The Kier molecular flexibility index (Phi) is 4.02. The molecule has 1 saturated heterocycles. The Bertz CT molecular complexity index is 562. The van der Waals surface area contributed by atoms with Gasteiger partial charge in [0, 0.05) is 25.7 Å². The summed E-state index contributed by atoms with van der Waals surface area (Å²) in [6.07, 6.45) is 1.90. The van der Waals surface area contributed by atoms with Crippen molar-refractivity contribution in [1.29, 1.82) is 0 Å². The molecule has 0 radical (unpaired) electrons. The molecule has 2 aliphatic rings. The van der Waals surface area contributed by atoms with Crippen LogP contribution in [-0.4, -0.2) is 48.1 Å². The summed E-state index contributed by atoms with van der Waals surface area (Å²) in [4.78, 5) is 25.8. The molecule has 0 aliphatic carbocycles. The number of fused-ring (bicyclic) bond motifs is 1. The van der Waals surface area contributed by atoms with Gasteiger partial charge in [0.15, 0.2) is 0 Å². The topological polar surface area (TPSA) is 58.6 Å². The molecule has 0 aromatic heterocycles. The van der Waals surface area contributed by atoms with E-state index in [0.29, 0.717) is 30.3 Å². The Labute approximate surface area is 130 Å². The summed E-state index contributed by atoms with van der Waals surface area (Å²) in [5.41, 5.74) is 0.922. The van der Waals surface area contributed by atoms with E-state index in [0.717, 1.165) is 19.4 Å². The van der Waals surface area contributed by atoms with Crippen LogP contribution in [0.25, 0.3) is 0 Å². The minimum absolute atomic E-state index is 0.106. The molecule has 0 bridgehead atoms. The van der Waals surface area contributed by atoms with Crippen LogP contribution in [-0.2, 0) is 4.74 Å². The summed E-state index contributed by atoms with van der Waals surface area (Å²) in [6, 6.07) is 7.37. The van der Waals surface area contributed by atoms with Gasteiger partial charge in [-0.05, 0) is 38.8 Å². The monoisotopic (exact) mass is 302 g/mol. The standard InChI is InChI=1S/C17H22N2O3/c1-17(2)11-12(7-10-22-17)18-8-9-19-15(20)13-5-3-4-6-14(13)16(19)21/h3-6,12,18H,7-11H2,1-2H3. The Balaban J connectivity index is 1.55. The number of rotatable bonds is 4. The summed E-state index contributed by atoms with van der Waals surface area (Å²) < 4.78 is 5.69. The van der Waals surface area contributed by atoms with Crippen molar-refractivity contribution >= 4 is 11.8 Å². The van der Waals surface area contributed by atoms with Crippen LogP contribution < -0.4 is 5.32 Å². The number of carbonyl (C=O) groups is 2. The first-order chi connectivity index (χ1) is 10.5. The lowest BCUT2D eigenvalue weighted by Gasteiger charge is -2.36. The highest BCUT2D eigenvalue weighted by Crippen LogP contribution is 2.24. The lowest BCUT2D eigenvalue weighted by Crippen LogP contribution is -2.46. The van der Waals surface area contributed by atoms with Crippen molar-refractivity contribution < 1.29 is 14.3 Å². The van der Waals surface area contributed by atoms with Gasteiger partial charge in [0.25, 0.3) is 11.8 Å². The van der Waals surface area contributed by atoms with Crippen LogP contribution in [0.15, 0.2) is 24.3 Å². The Morgan fingerprint density at radius 3 is 2.45 bits per heavy atom. The first-order valence-electron chi connectivity index (χ1n) is 7.80. The molecule has 1 unspecified atom stereocenters. The average Bonchev–Trinajstić information content (AvgIpc) is 2.72. The second-order valence-electron chi connectivity index (χ2n) is 6.56. The molecule has 118 valence electrons. The highest BCUT2D eigenvalue weighted by Gasteiger charge is 2.35. The van der Waals surface area contributed by atoms with E-state index in [4.69, 9.17) is 4.74 Å². The SMILES string of the molecule is CC1(C)CC(NCCN2C(=O)c3ccccc3C2=O)CCO1. The van der Waals surface area contributed by atoms with E-state index in [2.05, 4.69) is 19.2 Å². The van der Waals surface area contributed by atoms with Gasteiger partial charge in [-0.2, -0.15) is 0 Å². The van der Waals surface area contributed by atoms with Crippen molar-refractivity contribution in [3.05, 3.63) is 35.4 Å². The minimum Gasteiger partial charge on any atom is -0.375 e. The smallest absolute Gasteiger partial charge is 0.261 e. The minimum atomic E-state index is -0.185. The molecule has 5 heteroatoms. The first-order valence-corrected chi connectivity index (χ1v) is 7.80. The molecule has 1 N–H and O–H groups in total. The molecular formula is C17H22N2O3. The zero-order valence-corrected chi connectivity index (χ0v) is 13.1. The normalized spacial score (nSPS) is 23.7. The van der Waals surface area contributed by atoms with Gasteiger partial charge in [-0.25, -0.2) is 0 Å². The largest absolute Gasteiger partial charge is 0.375 e. The van der Waals surface area contributed by atoms with Gasteiger partial charge in [0.05, 0.1) is 16.7 Å². The highest BCUT2D eigenvalue weighted by molar-refractivity contribution is 6.21. The second kappa shape index (κ2) is 5.82. The molecule has 2 amide bonds. The lowest BCUT2D eigenvalue weighted by atomic mass is 9.94. The fourth-order valence-corrected chi connectivity index (χ4v) is 3.23. The van der Waals surface area contributed by atoms with Crippen LogP contribution in [0.2, 0.25) is 0 Å². The van der Waals surface area contributed by atoms with E-state index < -0.39 is 0 Å². The Morgan fingerprint density at radius 2 is 1.86 bits per heavy atom. The predicted octanol–water partition coefficient (Wildman–Crippen LogP) is 1.83. The molecule has 3 rings (SSSR count). The zero-order valence-electron chi connectivity index (χ0n) is 13.1. The highest BCUT2D eigenvalue weighted by atomic mass is 16.5. The van der Waals surface area contributed by atoms with E-state index in [9.17, 15) is 9.59 Å². The van der Waals surface area contributed by atoms with Gasteiger partial charge < -0.3 is 10.1 Å². The van der Waals surface area contributed by atoms with Crippen molar-refractivity contribution in [2.45, 2.75) is 38.3 Å². The van der Waals surface area contributed by atoms with Crippen molar-refractivity contribution in [1.82, 2.24) is 10.2 Å². The maximum absolute atomic E-state index is 12.2. The van der Waals surface area contributed by atoms with Crippen LogP contribution in [0.1, 0.15) is 47.4 Å². The lowest BCUT2D eigenvalue weighted by molar-refractivity contribution is -0.0628. The molecular weight excluding hydrogens is 280 g/mol. The summed E-state index contributed by atoms with van der Waals surface area (Å²) in [7, 11) is 0. The van der Waals surface area contributed by atoms with Gasteiger partial charge in [0.1, 0.15) is 0 Å². The molecule has 1 atom stereocenters. The van der Waals surface area contributed by atoms with Gasteiger partial charge in [0.2, 0.25) is 0 Å². The van der Waals surface area contributed by atoms with Crippen molar-refractivity contribution in [2.24, 2.45) is 0 Å². The molecule has 1 aromatic rings. The molecule has 1 fully saturated rings. The van der Waals surface area contributed by atoms with E-state index in [1.165, 1.54) is 4.90 Å². The molecule has 22 heavy (non-hydrogen) atoms. The second-order valence-corrected chi connectivity index (χ2v) is 6.56. The third kappa shape index (κ3) is 2.91. The maximum atomic E-state index is 12.2. The summed E-state index contributed by atoms with van der Waals surface area (Å²) in [6.45, 7) is 5.95. The number of ether oxygens (including phenoxy) is 1. The van der Waals surface area contributed by atoms with Crippen molar-refractivity contribution in [2.75, 3.05) is 19.7 Å². The zero-order chi connectivity index (χ0) is 15.7. The molecule has 2 heterocycles. The van der Waals surface area contributed by atoms with Crippen molar-refractivity contribution in [3.63, 3.8) is 0 Å². The van der Waals surface area contributed by atoms with Crippen LogP contribution in [0, 0.1) is 0 Å². The number of benzene rings is 1. The van der Waals surface area contributed by atoms with Crippen molar-refractivity contribution in [3.8, 4) is 0 Å². The summed E-state index contributed by atoms with van der Waals surface area (Å²) in [5.74, 6) is -0.371. The Hall–Kier alpha value is -1.72. The summed E-state index contributed by atoms with van der Waals surface area (Å²) >= 11 is 0. The van der Waals surface area contributed by atoms with E-state index in [1.54, 1.807) is 24.3 Å². The number of carbonyl (C=O) groups excluding carboxylic acids is 2. The number of imide groups is 1. The van der Waals surface area contributed by atoms with Gasteiger partial charge in [-0.1, -0.05) is 12.1 Å².